The lowest BCUT2D eigenvalue weighted by Gasteiger charge is -2.34. The largest absolute Gasteiger partial charge is 0.416 e. The van der Waals surface area contributed by atoms with Gasteiger partial charge >= 0.3 is 6.18 Å². The molecule has 1 aromatic rings. The lowest BCUT2D eigenvalue weighted by atomic mass is 9.88. The highest BCUT2D eigenvalue weighted by Crippen LogP contribution is 2.33. The first-order chi connectivity index (χ1) is 11.4. The quantitative estimate of drug-likeness (QED) is 0.610. The van der Waals surface area contributed by atoms with E-state index in [0.29, 0.717) is 18.8 Å². The van der Waals surface area contributed by atoms with Crippen molar-refractivity contribution >= 4 is 0 Å². The minimum Gasteiger partial charge on any atom is -0.370 e. The summed E-state index contributed by atoms with van der Waals surface area (Å²) in [6, 6.07) is 9.01. The molecule has 1 saturated heterocycles. The summed E-state index contributed by atoms with van der Waals surface area (Å²) in [4.78, 5) is 1.93. The number of piperidine rings is 1. The molecule has 24 heavy (non-hydrogen) atoms. The average Bonchev–Trinajstić information content (AvgIpc) is 2.59. The van der Waals surface area contributed by atoms with E-state index in [2.05, 4.69) is 6.58 Å². The van der Waals surface area contributed by atoms with Gasteiger partial charge in [-0.1, -0.05) is 18.7 Å². The van der Waals surface area contributed by atoms with Gasteiger partial charge in [-0.15, -0.1) is 0 Å². The Hall–Kier alpha value is -2.73. The Balaban J connectivity index is 2.08. The highest BCUT2D eigenvalue weighted by molar-refractivity contribution is 5.43. The predicted molar refractivity (Wildman–Crippen MR) is 83.4 cm³/mol. The van der Waals surface area contributed by atoms with Gasteiger partial charge in [-0.3, -0.25) is 0 Å². The van der Waals surface area contributed by atoms with Crippen LogP contribution in [0.4, 0.5) is 13.2 Å². The average molecular weight is 331 g/mol. The molecule has 124 valence electrons. The van der Waals surface area contributed by atoms with E-state index in [-0.39, 0.29) is 11.5 Å². The number of hydrogen-bond acceptors (Lipinski definition) is 3. The molecule has 0 atom stereocenters. The van der Waals surface area contributed by atoms with Crippen molar-refractivity contribution in [2.24, 2.45) is 0 Å². The zero-order valence-electron chi connectivity index (χ0n) is 13.0. The van der Waals surface area contributed by atoms with E-state index in [4.69, 9.17) is 10.5 Å². The minimum atomic E-state index is -4.32. The van der Waals surface area contributed by atoms with E-state index in [0.717, 1.165) is 30.5 Å². The number of benzene rings is 1. The van der Waals surface area contributed by atoms with Crippen LogP contribution in [0.15, 0.2) is 48.2 Å². The number of rotatable bonds is 3. The summed E-state index contributed by atoms with van der Waals surface area (Å²) in [6.45, 7) is 4.90. The first kappa shape index (κ1) is 17.6. The second-order valence-corrected chi connectivity index (χ2v) is 5.57. The standard InChI is InChI=1S/C18H16F3N3/c1-2-17(15(11-22)12-23)24-9-7-14(8-10-24)13-3-5-16(6-4-13)18(19,20)21/h2-6,14H,1,7-10H2. The summed E-state index contributed by atoms with van der Waals surface area (Å²) in [6.07, 6.45) is -1.34. The Morgan fingerprint density at radius 3 is 2.08 bits per heavy atom. The van der Waals surface area contributed by atoms with Crippen LogP contribution in [0.2, 0.25) is 0 Å². The summed E-state index contributed by atoms with van der Waals surface area (Å²) in [7, 11) is 0. The van der Waals surface area contributed by atoms with E-state index < -0.39 is 11.7 Å². The number of likely N-dealkylation sites (tertiary alicyclic amines) is 1. The Morgan fingerprint density at radius 2 is 1.67 bits per heavy atom. The molecule has 0 unspecified atom stereocenters. The number of allylic oxidation sites excluding steroid dienone is 2. The number of halogens is 3. The van der Waals surface area contributed by atoms with Gasteiger partial charge in [-0.2, -0.15) is 23.7 Å². The Labute approximate surface area is 138 Å². The molecule has 2 rings (SSSR count). The van der Waals surface area contributed by atoms with Crippen LogP contribution in [0, 0.1) is 22.7 Å². The third kappa shape index (κ3) is 3.78. The first-order valence-electron chi connectivity index (χ1n) is 7.49. The van der Waals surface area contributed by atoms with Gasteiger partial charge in [0, 0.05) is 13.1 Å². The van der Waals surface area contributed by atoms with Crippen LogP contribution < -0.4 is 0 Å². The molecule has 1 aliphatic heterocycles. The first-order valence-corrected chi connectivity index (χ1v) is 7.49. The normalized spacial score (nSPS) is 15.3. The van der Waals surface area contributed by atoms with Crippen LogP contribution in [-0.2, 0) is 6.18 Å². The number of hydrogen-bond donors (Lipinski definition) is 0. The van der Waals surface area contributed by atoms with E-state index in [1.807, 2.05) is 17.0 Å². The summed E-state index contributed by atoms with van der Waals surface area (Å²) in [5, 5.41) is 18.0. The highest BCUT2D eigenvalue weighted by atomic mass is 19.4. The molecule has 0 N–H and O–H groups in total. The molecule has 1 fully saturated rings. The van der Waals surface area contributed by atoms with E-state index >= 15 is 0 Å². The summed E-state index contributed by atoms with van der Waals surface area (Å²) < 4.78 is 37.8. The Morgan fingerprint density at radius 1 is 1.12 bits per heavy atom. The van der Waals surface area contributed by atoms with E-state index in [1.54, 1.807) is 0 Å². The number of nitrogens with zero attached hydrogens (tertiary/aromatic N) is 3. The molecular weight excluding hydrogens is 315 g/mol. The molecule has 0 bridgehead atoms. The fourth-order valence-corrected chi connectivity index (χ4v) is 2.93. The summed E-state index contributed by atoms with van der Waals surface area (Å²) >= 11 is 0. The maximum Gasteiger partial charge on any atom is 0.416 e. The van der Waals surface area contributed by atoms with Crippen LogP contribution in [0.25, 0.3) is 0 Å². The van der Waals surface area contributed by atoms with Gasteiger partial charge in [0.1, 0.15) is 12.1 Å². The maximum absolute atomic E-state index is 12.6. The summed E-state index contributed by atoms with van der Waals surface area (Å²) in [5.74, 6) is 0.169. The Bertz CT molecular complexity index is 694. The van der Waals surface area contributed by atoms with Crippen molar-refractivity contribution < 1.29 is 13.2 Å². The minimum absolute atomic E-state index is 0.0259. The lowest BCUT2D eigenvalue weighted by Crippen LogP contribution is -2.32. The fourth-order valence-electron chi connectivity index (χ4n) is 2.93. The lowest BCUT2D eigenvalue weighted by molar-refractivity contribution is -0.137. The molecule has 0 saturated carbocycles. The van der Waals surface area contributed by atoms with Crippen molar-refractivity contribution in [2.75, 3.05) is 13.1 Å². The molecule has 0 amide bonds. The molecule has 1 heterocycles. The van der Waals surface area contributed by atoms with Crippen LogP contribution >= 0.6 is 0 Å². The third-order valence-electron chi connectivity index (χ3n) is 4.22. The SMILES string of the molecule is C=CC(=C(C#N)C#N)N1CCC(c2ccc(C(F)(F)F)cc2)CC1. The molecule has 6 heteroatoms. The second kappa shape index (κ2) is 7.23. The van der Waals surface area contributed by atoms with Gasteiger partial charge in [0.05, 0.1) is 11.3 Å². The molecule has 0 spiro atoms. The van der Waals surface area contributed by atoms with Crippen LogP contribution in [0.3, 0.4) is 0 Å². The third-order valence-corrected chi connectivity index (χ3v) is 4.22. The van der Waals surface area contributed by atoms with Gasteiger partial charge in [0.15, 0.2) is 5.57 Å². The van der Waals surface area contributed by atoms with Crippen LogP contribution in [0.1, 0.15) is 29.9 Å². The Kier molecular flexibility index (Phi) is 5.31. The molecule has 1 aliphatic rings. The molecule has 0 radical (unpaired) electrons. The van der Waals surface area contributed by atoms with Crippen molar-refractivity contribution in [3.8, 4) is 12.1 Å². The smallest absolute Gasteiger partial charge is 0.370 e. The zero-order chi connectivity index (χ0) is 17.7. The predicted octanol–water partition coefficient (Wildman–Crippen LogP) is 4.37. The molecular formula is C18H16F3N3. The number of nitriles is 2. The van der Waals surface area contributed by atoms with Crippen LogP contribution in [0.5, 0.6) is 0 Å². The van der Waals surface area contributed by atoms with Gasteiger partial charge in [-0.05, 0) is 42.5 Å². The maximum atomic E-state index is 12.6. The van der Waals surface area contributed by atoms with Crippen molar-refractivity contribution in [1.29, 1.82) is 10.5 Å². The fraction of sp³-hybridized carbons (Fsp3) is 0.333. The van der Waals surface area contributed by atoms with Gasteiger partial charge in [-0.25, -0.2) is 0 Å². The van der Waals surface area contributed by atoms with Crippen LogP contribution in [-0.4, -0.2) is 18.0 Å². The second-order valence-electron chi connectivity index (χ2n) is 5.57. The number of alkyl halides is 3. The molecule has 3 nitrogen and oxygen atoms in total. The monoisotopic (exact) mass is 331 g/mol. The highest BCUT2D eigenvalue weighted by Gasteiger charge is 2.30. The van der Waals surface area contributed by atoms with Gasteiger partial charge in [0.25, 0.3) is 0 Å². The van der Waals surface area contributed by atoms with Crippen molar-refractivity contribution in [1.82, 2.24) is 4.90 Å². The van der Waals surface area contributed by atoms with Gasteiger partial charge < -0.3 is 4.90 Å². The zero-order valence-corrected chi connectivity index (χ0v) is 13.0. The summed E-state index contributed by atoms with van der Waals surface area (Å²) in [5.41, 5.74) is 0.782. The topological polar surface area (TPSA) is 50.8 Å². The van der Waals surface area contributed by atoms with Crippen molar-refractivity contribution in [3.63, 3.8) is 0 Å². The molecule has 0 aromatic heterocycles. The van der Waals surface area contributed by atoms with Crippen molar-refractivity contribution in [2.45, 2.75) is 24.9 Å². The van der Waals surface area contributed by atoms with E-state index in [9.17, 15) is 13.2 Å². The van der Waals surface area contributed by atoms with E-state index in [1.165, 1.54) is 18.2 Å². The van der Waals surface area contributed by atoms with Gasteiger partial charge in [0.2, 0.25) is 0 Å². The molecule has 0 aliphatic carbocycles. The molecule has 1 aromatic carbocycles. The van der Waals surface area contributed by atoms with Crippen molar-refractivity contribution in [3.05, 3.63) is 59.3 Å².